The highest BCUT2D eigenvalue weighted by atomic mass is 16.5. The number of nitrogens with one attached hydrogen (secondary N) is 1. The zero-order chi connectivity index (χ0) is 17.0. The van der Waals surface area contributed by atoms with Crippen molar-refractivity contribution in [1.29, 1.82) is 0 Å². The number of carbonyl (C=O) groups excluding carboxylic acids is 2. The standard InChI is InChI=1S/C16H23N3O4/c1-11(19-7-6-16(22,10-19)15(17)21)14(20)18-9-12-4-3-5-13(8-12)23-2/h3-5,8,11,22H,6-7,9-10H2,1-2H3,(H2,17,21)(H,18,20)/t11-,16+/m1/s1. The quantitative estimate of drug-likeness (QED) is 0.662. The molecule has 2 amide bonds. The van der Waals surface area contributed by atoms with E-state index >= 15 is 0 Å². The molecule has 1 aromatic carbocycles. The van der Waals surface area contributed by atoms with Crippen LogP contribution in [0.1, 0.15) is 18.9 Å². The predicted octanol–water partition coefficient (Wildman–Crippen LogP) is -0.378. The van der Waals surface area contributed by atoms with Crippen LogP contribution in [0.3, 0.4) is 0 Å². The van der Waals surface area contributed by atoms with E-state index in [1.54, 1.807) is 18.9 Å². The lowest BCUT2D eigenvalue weighted by Gasteiger charge is -2.25. The molecule has 1 aliphatic rings. The van der Waals surface area contributed by atoms with Crippen LogP contribution in [0.25, 0.3) is 0 Å². The molecule has 126 valence electrons. The van der Waals surface area contributed by atoms with Crippen molar-refractivity contribution in [2.24, 2.45) is 5.73 Å². The highest BCUT2D eigenvalue weighted by Gasteiger charge is 2.43. The second-order valence-corrected chi connectivity index (χ2v) is 5.86. The normalized spacial score (nSPS) is 22.6. The summed E-state index contributed by atoms with van der Waals surface area (Å²) in [7, 11) is 1.59. The number of hydrogen-bond donors (Lipinski definition) is 3. The molecule has 1 saturated heterocycles. The average Bonchev–Trinajstić information content (AvgIpc) is 2.96. The van der Waals surface area contributed by atoms with Crippen molar-refractivity contribution in [3.05, 3.63) is 29.8 Å². The van der Waals surface area contributed by atoms with Gasteiger partial charge in [-0.1, -0.05) is 12.1 Å². The van der Waals surface area contributed by atoms with Crippen molar-refractivity contribution in [1.82, 2.24) is 10.2 Å². The summed E-state index contributed by atoms with van der Waals surface area (Å²) in [5.74, 6) is -0.179. The molecule has 0 bridgehead atoms. The van der Waals surface area contributed by atoms with Gasteiger partial charge in [0.1, 0.15) is 5.75 Å². The van der Waals surface area contributed by atoms with Gasteiger partial charge in [-0.25, -0.2) is 0 Å². The van der Waals surface area contributed by atoms with Gasteiger partial charge in [-0.2, -0.15) is 0 Å². The number of ether oxygens (including phenoxy) is 1. The Morgan fingerprint density at radius 1 is 1.52 bits per heavy atom. The minimum absolute atomic E-state index is 0.0794. The highest BCUT2D eigenvalue weighted by Crippen LogP contribution is 2.22. The summed E-state index contributed by atoms with van der Waals surface area (Å²) in [4.78, 5) is 25.3. The molecule has 0 aromatic heterocycles. The average molecular weight is 321 g/mol. The summed E-state index contributed by atoms with van der Waals surface area (Å²) in [6.07, 6.45) is 0.246. The maximum absolute atomic E-state index is 12.3. The number of aliphatic hydroxyl groups is 1. The third kappa shape index (κ3) is 4.00. The van der Waals surface area contributed by atoms with Crippen molar-refractivity contribution in [2.75, 3.05) is 20.2 Å². The summed E-state index contributed by atoms with van der Waals surface area (Å²) in [5, 5.41) is 12.9. The molecule has 2 atom stereocenters. The minimum atomic E-state index is -1.54. The van der Waals surface area contributed by atoms with Crippen molar-refractivity contribution in [3.8, 4) is 5.75 Å². The van der Waals surface area contributed by atoms with Crippen LogP contribution in [0.15, 0.2) is 24.3 Å². The first kappa shape index (κ1) is 17.2. The van der Waals surface area contributed by atoms with Crippen molar-refractivity contribution >= 4 is 11.8 Å². The lowest BCUT2D eigenvalue weighted by Crippen LogP contribution is -2.49. The number of methoxy groups -OCH3 is 1. The number of benzene rings is 1. The van der Waals surface area contributed by atoms with E-state index in [9.17, 15) is 14.7 Å². The van der Waals surface area contributed by atoms with Crippen LogP contribution >= 0.6 is 0 Å². The van der Waals surface area contributed by atoms with Crippen molar-refractivity contribution in [2.45, 2.75) is 31.5 Å². The van der Waals surface area contributed by atoms with Gasteiger partial charge in [0.2, 0.25) is 5.91 Å². The summed E-state index contributed by atoms with van der Waals surface area (Å²) in [6, 6.07) is 7.00. The number of nitrogens with two attached hydrogens (primary N) is 1. The molecule has 4 N–H and O–H groups in total. The molecule has 0 aliphatic carbocycles. The Morgan fingerprint density at radius 2 is 2.26 bits per heavy atom. The first-order valence-electron chi connectivity index (χ1n) is 7.53. The van der Waals surface area contributed by atoms with Gasteiger partial charge in [0.25, 0.3) is 5.91 Å². The Kier molecular flexibility index (Phi) is 5.23. The predicted molar refractivity (Wildman–Crippen MR) is 84.6 cm³/mol. The maximum Gasteiger partial charge on any atom is 0.250 e. The lowest BCUT2D eigenvalue weighted by molar-refractivity contribution is -0.136. The summed E-state index contributed by atoms with van der Waals surface area (Å²) in [6.45, 7) is 2.66. The Bertz CT molecular complexity index is 592. The SMILES string of the molecule is COc1cccc(CNC(=O)[C@@H](C)N2CC[C@@](O)(C(N)=O)C2)c1. The lowest BCUT2D eigenvalue weighted by atomic mass is 10.0. The van der Waals surface area contributed by atoms with E-state index in [-0.39, 0.29) is 18.9 Å². The molecule has 1 fully saturated rings. The third-order valence-corrected chi connectivity index (χ3v) is 4.26. The number of rotatable bonds is 6. The molecular weight excluding hydrogens is 298 g/mol. The van der Waals surface area contributed by atoms with Gasteiger partial charge < -0.3 is 20.9 Å². The van der Waals surface area contributed by atoms with Crippen LogP contribution in [-0.4, -0.2) is 53.7 Å². The van der Waals surface area contributed by atoms with E-state index in [1.807, 2.05) is 24.3 Å². The Labute approximate surface area is 135 Å². The van der Waals surface area contributed by atoms with Crippen LogP contribution in [0, 0.1) is 0 Å². The number of primary amides is 1. The number of likely N-dealkylation sites (tertiary alicyclic amines) is 1. The van der Waals surface area contributed by atoms with E-state index in [4.69, 9.17) is 10.5 Å². The molecule has 0 unspecified atom stereocenters. The minimum Gasteiger partial charge on any atom is -0.497 e. The second-order valence-electron chi connectivity index (χ2n) is 5.86. The van der Waals surface area contributed by atoms with Gasteiger partial charge in [0.05, 0.1) is 13.2 Å². The van der Waals surface area contributed by atoms with E-state index in [0.29, 0.717) is 13.1 Å². The molecule has 0 saturated carbocycles. The number of carbonyl (C=O) groups is 2. The van der Waals surface area contributed by atoms with Crippen molar-refractivity contribution < 1.29 is 19.4 Å². The molecule has 7 heteroatoms. The van der Waals surface area contributed by atoms with Gasteiger partial charge in [-0.15, -0.1) is 0 Å². The first-order valence-corrected chi connectivity index (χ1v) is 7.53. The fourth-order valence-electron chi connectivity index (χ4n) is 2.64. The summed E-state index contributed by atoms with van der Waals surface area (Å²) >= 11 is 0. The maximum atomic E-state index is 12.3. The summed E-state index contributed by atoms with van der Waals surface area (Å²) < 4.78 is 5.14. The molecule has 1 aliphatic heterocycles. The van der Waals surface area contributed by atoms with E-state index in [0.717, 1.165) is 11.3 Å². The molecule has 1 aromatic rings. The number of nitrogens with zero attached hydrogens (tertiary/aromatic N) is 1. The third-order valence-electron chi connectivity index (χ3n) is 4.26. The van der Waals surface area contributed by atoms with Crippen LogP contribution in [0.4, 0.5) is 0 Å². The zero-order valence-corrected chi connectivity index (χ0v) is 13.4. The molecule has 0 radical (unpaired) electrons. The van der Waals surface area contributed by atoms with E-state index < -0.39 is 17.6 Å². The van der Waals surface area contributed by atoms with Crippen LogP contribution in [-0.2, 0) is 16.1 Å². The highest BCUT2D eigenvalue weighted by molar-refractivity contribution is 5.85. The largest absolute Gasteiger partial charge is 0.497 e. The van der Waals surface area contributed by atoms with Crippen LogP contribution in [0.2, 0.25) is 0 Å². The number of amides is 2. The fraction of sp³-hybridized carbons (Fsp3) is 0.500. The topological polar surface area (TPSA) is 105 Å². The first-order chi connectivity index (χ1) is 10.9. The summed E-state index contributed by atoms with van der Waals surface area (Å²) in [5.41, 5.74) is 4.59. The molecule has 1 heterocycles. The van der Waals surface area contributed by atoms with E-state index in [2.05, 4.69) is 5.32 Å². The smallest absolute Gasteiger partial charge is 0.250 e. The molecular formula is C16H23N3O4. The Hall–Kier alpha value is -2.12. The van der Waals surface area contributed by atoms with Gasteiger partial charge in [-0.3, -0.25) is 14.5 Å². The molecule has 23 heavy (non-hydrogen) atoms. The van der Waals surface area contributed by atoms with Gasteiger partial charge >= 0.3 is 0 Å². The Balaban J connectivity index is 1.89. The molecule has 0 spiro atoms. The van der Waals surface area contributed by atoms with Gasteiger partial charge in [0, 0.05) is 19.6 Å². The monoisotopic (exact) mass is 321 g/mol. The zero-order valence-electron chi connectivity index (χ0n) is 13.4. The molecule has 7 nitrogen and oxygen atoms in total. The van der Waals surface area contributed by atoms with E-state index in [1.165, 1.54) is 0 Å². The Morgan fingerprint density at radius 3 is 2.87 bits per heavy atom. The van der Waals surface area contributed by atoms with Crippen LogP contribution in [0.5, 0.6) is 5.75 Å². The van der Waals surface area contributed by atoms with Crippen LogP contribution < -0.4 is 15.8 Å². The van der Waals surface area contributed by atoms with Crippen molar-refractivity contribution in [3.63, 3.8) is 0 Å². The fourth-order valence-corrected chi connectivity index (χ4v) is 2.64. The van der Waals surface area contributed by atoms with Gasteiger partial charge in [-0.05, 0) is 31.0 Å². The number of β-amino-alcohol motifs (C(OH)–C–C–N with tert-alkyl or cyclic N) is 1. The second kappa shape index (κ2) is 6.97. The number of hydrogen-bond acceptors (Lipinski definition) is 5. The van der Waals surface area contributed by atoms with Gasteiger partial charge in [0.15, 0.2) is 5.60 Å². The molecule has 2 rings (SSSR count).